The van der Waals surface area contributed by atoms with Crippen LogP contribution < -0.4 is 19.9 Å². The number of carbonyl (C=O) groups excluding carboxylic acids is 4. The van der Waals surface area contributed by atoms with E-state index in [1.54, 1.807) is 12.1 Å². The van der Waals surface area contributed by atoms with Gasteiger partial charge in [-0.2, -0.15) is 5.26 Å². The van der Waals surface area contributed by atoms with E-state index in [0.29, 0.717) is 45.8 Å². The molecule has 5 saturated heterocycles. The number of ether oxygens (including phenoxy) is 1. The van der Waals surface area contributed by atoms with Gasteiger partial charge in [-0.25, -0.2) is 0 Å². The van der Waals surface area contributed by atoms with Gasteiger partial charge in [0.15, 0.2) is 0 Å². The van der Waals surface area contributed by atoms with Crippen LogP contribution in [0.5, 0.6) is 5.75 Å². The van der Waals surface area contributed by atoms with Crippen molar-refractivity contribution in [2.75, 3.05) is 36.0 Å². The van der Waals surface area contributed by atoms with Gasteiger partial charge in [-0.3, -0.25) is 29.4 Å². The maximum atomic E-state index is 13.3. The molecule has 11 nitrogen and oxygen atoms in total. The van der Waals surface area contributed by atoms with Gasteiger partial charge in [0.1, 0.15) is 24.0 Å². The van der Waals surface area contributed by atoms with Crippen molar-refractivity contribution in [2.24, 2.45) is 5.92 Å². The molecule has 6 heterocycles. The SMILES string of the molecule is N#Cc1ccc(N2[C@@H]3CC[C@H]2C[C@H](Oc2ccc(C#CC4CCN(C5CCN(c6ccc7c(c6)C(=O)N(C6CCC(=O)NC6=O)C7=O)CC5)CC4)cc2)C3)cc1Cl. The number of anilines is 2. The van der Waals surface area contributed by atoms with Crippen LogP contribution in [0.4, 0.5) is 11.4 Å². The number of halogens is 1. The van der Waals surface area contributed by atoms with Crippen LogP contribution in [0.3, 0.4) is 0 Å². The fraction of sp³-hybridized carbons (Fsp3) is 0.444. The monoisotopic (exact) mass is 784 g/mol. The highest BCUT2D eigenvalue weighted by Gasteiger charge is 2.45. The van der Waals surface area contributed by atoms with Gasteiger partial charge in [-0.05, 0) is 119 Å². The average Bonchev–Trinajstić information content (AvgIpc) is 3.64. The highest BCUT2D eigenvalue weighted by molar-refractivity contribution is 6.32. The maximum absolute atomic E-state index is 13.3. The predicted molar refractivity (Wildman–Crippen MR) is 215 cm³/mol. The van der Waals surface area contributed by atoms with Crippen LogP contribution >= 0.6 is 11.6 Å². The molecule has 9 rings (SSSR count). The molecule has 3 aromatic carbocycles. The van der Waals surface area contributed by atoms with Crippen LogP contribution in [0, 0.1) is 29.1 Å². The van der Waals surface area contributed by atoms with Crippen LogP contribution in [0.25, 0.3) is 0 Å². The number of fused-ring (bicyclic) bond motifs is 3. The minimum Gasteiger partial charge on any atom is -0.490 e. The Balaban J connectivity index is 0.728. The quantitative estimate of drug-likeness (QED) is 0.240. The molecule has 4 amide bonds. The summed E-state index contributed by atoms with van der Waals surface area (Å²) in [6.07, 6.45) is 8.74. The Morgan fingerprint density at radius 2 is 1.44 bits per heavy atom. The second-order valence-electron chi connectivity index (χ2n) is 16.3. The molecule has 0 saturated carbocycles. The lowest BCUT2D eigenvalue weighted by atomic mass is 9.93. The molecule has 1 N–H and O–H groups in total. The van der Waals surface area contributed by atoms with Crippen LogP contribution in [0.2, 0.25) is 5.02 Å². The van der Waals surface area contributed by atoms with E-state index >= 15 is 0 Å². The number of carbonyl (C=O) groups is 4. The summed E-state index contributed by atoms with van der Waals surface area (Å²) in [5.41, 5.74) is 4.15. The van der Waals surface area contributed by atoms with E-state index in [9.17, 15) is 24.4 Å². The normalized spacial score (nSPS) is 25.5. The molecule has 292 valence electrons. The van der Waals surface area contributed by atoms with E-state index in [2.05, 4.69) is 50.1 Å². The highest BCUT2D eigenvalue weighted by atomic mass is 35.5. The lowest BCUT2D eigenvalue weighted by Gasteiger charge is -2.42. The number of nitriles is 1. The Bertz CT molecular complexity index is 2200. The smallest absolute Gasteiger partial charge is 0.262 e. The zero-order chi connectivity index (χ0) is 39.2. The largest absolute Gasteiger partial charge is 0.490 e. The summed E-state index contributed by atoms with van der Waals surface area (Å²) in [7, 11) is 0. The van der Waals surface area contributed by atoms with Crippen LogP contribution in [-0.4, -0.2) is 89.9 Å². The molecule has 0 radical (unpaired) electrons. The number of amides is 4. The van der Waals surface area contributed by atoms with Gasteiger partial charge in [0.05, 0.1) is 21.7 Å². The Kier molecular flexibility index (Phi) is 10.1. The summed E-state index contributed by atoms with van der Waals surface area (Å²) in [6, 6.07) is 21.9. The standard InChI is InChI=1S/C45H45ClN6O5/c46-40-26-35(6-5-30(40)27-47)51-33-7-8-34(51)24-37(23-33)57-36-10-3-28(4-11-36)1-2-29-15-19-49(20-16-29)31-17-21-50(22-18-31)32-9-12-38-39(25-32)45(56)52(44(38)55)41-13-14-42(53)48-43(41)54/h3-6,9-12,25-26,29,31,33-34,37,41H,7-8,13-24H2,(H,48,53,54)/t33-,34+,37-,41?. The number of imide groups is 2. The molecule has 5 fully saturated rings. The first-order chi connectivity index (χ1) is 27.7. The van der Waals surface area contributed by atoms with Crippen LogP contribution in [-0.2, 0) is 9.59 Å². The van der Waals surface area contributed by atoms with E-state index in [1.165, 1.54) is 0 Å². The molecule has 0 aliphatic carbocycles. The number of benzene rings is 3. The summed E-state index contributed by atoms with van der Waals surface area (Å²) in [6.45, 7) is 3.77. The van der Waals surface area contributed by atoms with Crippen molar-refractivity contribution in [1.82, 2.24) is 15.1 Å². The molecular formula is C45H45ClN6O5. The van der Waals surface area contributed by atoms with Crippen molar-refractivity contribution < 1.29 is 23.9 Å². The average molecular weight is 785 g/mol. The summed E-state index contributed by atoms with van der Waals surface area (Å²) in [5, 5.41) is 12.0. The first-order valence-corrected chi connectivity index (χ1v) is 20.7. The number of nitrogens with one attached hydrogen (secondary N) is 1. The number of piperidine rings is 4. The van der Waals surface area contributed by atoms with Gasteiger partial charge in [0, 0.05) is 73.3 Å². The van der Waals surface area contributed by atoms with Gasteiger partial charge >= 0.3 is 0 Å². The summed E-state index contributed by atoms with van der Waals surface area (Å²) < 4.78 is 6.49. The van der Waals surface area contributed by atoms with Crippen LogP contribution in [0.15, 0.2) is 60.7 Å². The number of rotatable bonds is 6. The topological polar surface area (TPSA) is 126 Å². The second-order valence-corrected chi connectivity index (χ2v) is 16.7. The Hall–Kier alpha value is -5.36. The maximum Gasteiger partial charge on any atom is 0.262 e. The molecule has 6 aliphatic heterocycles. The Morgan fingerprint density at radius 1 is 0.737 bits per heavy atom. The van der Waals surface area contributed by atoms with E-state index < -0.39 is 23.8 Å². The van der Waals surface area contributed by atoms with E-state index in [1.807, 2.05) is 36.4 Å². The van der Waals surface area contributed by atoms with Crippen molar-refractivity contribution in [2.45, 2.75) is 94.5 Å². The van der Waals surface area contributed by atoms with Gasteiger partial charge in [-0.1, -0.05) is 23.4 Å². The third kappa shape index (κ3) is 7.35. The van der Waals surface area contributed by atoms with Gasteiger partial charge in [-0.15, -0.1) is 0 Å². The van der Waals surface area contributed by atoms with Gasteiger partial charge in [0.25, 0.3) is 11.8 Å². The number of nitrogens with zero attached hydrogens (tertiary/aromatic N) is 5. The summed E-state index contributed by atoms with van der Waals surface area (Å²) in [5.74, 6) is 6.30. The molecule has 12 heteroatoms. The van der Waals surface area contributed by atoms with Crippen LogP contribution in [0.1, 0.15) is 96.1 Å². The number of likely N-dealkylation sites (tertiary alicyclic amines) is 1. The zero-order valence-corrected chi connectivity index (χ0v) is 32.5. The molecule has 3 aromatic rings. The minimum absolute atomic E-state index is 0.101. The minimum atomic E-state index is -0.962. The van der Waals surface area contributed by atoms with E-state index in [-0.39, 0.29) is 24.9 Å². The first kappa shape index (κ1) is 37.2. The predicted octanol–water partition coefficient (Wildman–Crippen LogP) is 5.92. The third-order valence-corrected chi connectivity index (χ3v) is 13.3. The third-order valence-electron chi connectivity index (χ3n) is 12.9. The van der Waals surface area contributed by atoms with Crippen molar-refractivity contribution in [3.63, 3.8) is 0 Å². The van der Waals surface area contributed by atoms with E-state index in [0.717, 1.165) is 105 Å². The molecule has 57 heavy (non-hydrogen) atoms. The zero-order valence-electron chi connectivity index (χ0n) is 31.8. The van der Waals surface area contributed by atoms with Crippen molar-refractivity contribution in [3.05, 3.63) is 87.9 Å². The summed E-state index contributed by atoms with van der Waals surface area (Å²) in [4.78, 5) is 58.9. The Labute approximate surface area is 337 Å². The molecule has 2 bridgehead atoms. The van der Waals surface area contributed by atoms with Gasteiger partial charge < -0.3 is 19.4 Å². The first-order valence-electron chi connectivity index (χ1n) is 20.3. The highest BCUT2D eigenvalue weighted by Crippen LogP contribution is 2.41. The number of hydrogen-bond donors (Lipinski definition) is 1. The lowest BCUT2D eigenvalue weighted by Crippen LogP contribution is -2.54. The molecule has 0 spiro atoms. The van der Waals surface area contributed by atoms with Crippen molar-refractivity contribution >= 4 is 46.6 Å². The molecule has 4 atom stereocenters. The fourth-order valence-corrected chi connectivity index (χ4v) is 10.2. The Morgan fingerprint density at radius 3 is 2.12 bits per heavy atom. The lowest BCUT2D eigenvalue weighted by molar-refractivity contribution is -0.136. The number of hydrogen-bond acceptors (Lipinski definition) is 9. The fourth-order valence-electron chi connectivity index (χ4n) is 9.95. The molecular weight excluding hydrogens is 740 g/mol. The van der Waals surface area contributed by atoms with Crippen molar-refractivity contribution in [3.8, 4) is 23.7 Å². The van der Waals surface area contributed by atoms with Crippen molar-refractivity contribution in [1.29, 1.82) is 5.26 Å². The van der Waals surface area contributed by atoms with E-state index in [4.69, 9.17) is 16.3 Å². The molecule has 0 aromatic heterocycles. The molecule has 1 unspecified atom stereocenters. The molecule has 6 aliphatic rings. The second kappa shape index (κ2) is 15.5. The van der Waals surface area contributed by atoms with Gasteiger partial charge in [0.2, 0.25) is 11.8 Å². The summed E-state index contributed by atoms with van der Waals surface area (Å²) >= 11 is 6.36.